The Labute approximate surface area is 162 Å². The lowest BCUT2D eigenvalue weighted by atomic mass is 10.0. The lowest BCUT2D eigenvalue weighted by Gasteiger charge is -2.22. The van der Waals surface area contributed by atoms with Gasteiger partial charge >= 0.3 is 0 Å². The maximum Gasteiger partial charge on any atom is 0.234 e. The molecule has 1 saturated heterocycles. The van der Waals surface area contributed by atoms with Crippen LogP contribution >= 0.6 is 0 Å². The van der Waals surface area contributed by atoms with Gasteiger partial charge in [0, 0.05) is 24.8 Å². The van der Waals surface area contributed by atoms with E-state index in [0.29, 0.717) is 18.5 Å². The molecule has 0 radical (unpaired) electrons. The molecule has 1 saturated carbocycles. The van der Waals surface area contributed by atoms with E-state index >= 15 is 0 Å². The van der Waals surface area contributed by atoms with Crippen LogP contribution in [-0.2, 0) is 4.79 Å². The average molecular weight is 364 g/mol. The molecule has 4 heteroatoms. The fraction of sp³-hybridized carbons (Fsp3) is 0.435. The number of hydrogen-bond donors (Lipinski definition) is 2. The van der Waals surface area contributed by atoms with Crippen LogP contribution in [0.3, 0.4) is 0 Å². The molecule has 4 nitrogen and oxygen atoms in total. The van der Waals surface area contributed by atoms with Crippen molar-refractivity contribution in [2.45, 2.75) is 38.3 Å². The number of anilines is 1. The molecule has 2 aliphatic rings. The van der Waals surface area contributed by atoms with E-state index in [1.54, 1.807) is 0 Å². The first-order chi connectivity index (χ1) is 13.2. The van der Waals surface area contributed by atoms with Gasteiger partial charge in [-0.25, -0.2) is 0 Å². The second-order valence-electron chi connectivity index (χ2n) is 8.02. The van der Waals surface area contributed by atoms with Gasteiger partial charge in [0.1, 0.15) is 0 Å². The first-order valence-electron chi connectivity index (χ1n) is 10.1. The van der Waals surface area contributed by atoms with E-state index in [1.165, 1.54) is 24.0 Å². The minimum atomic E-state index is 0.146. The van der Waals surface area contributed by atoms with Crippen LogP contribution in [0.4, 0.5) is 5.69 Å². The van der Waals surface area contributed by atoms with Crippen molar-refractivity contribution in [3.63, 3.8) is 0 Å². The molecule has 1 heterocycles. The molecule has 0 spiro atoms. The Hall–Kier alpha value is -2.33. The number of nitrogens with one attached hydrogen (secondary N) is 2. The summed E-state index contributed by atoms with van der Waals surface area (Å²) in [6.07, 6.45) is 3.50. The molecule has 27 heavy (non-hydrogen) atoms. The molecule has 2 N–H and O–H groups in total. The smallest absolute Gasteiger partial charge is 0.234 e. The van der Waals surface area contributed by atoms with E-state index in [9.17, 15) is 4.79 Å². The van der Waals surface area contributed by atoms with Crippen LogP contribution in [0.15, 0.2) is 54.6 Å². The lowest BCUT2D eigenvalue weighted by Crippen LogP contribution is -2.39. The maximum absolute atomic E-state index is 12.7. The topological polar surface area (TPSA) is 44.4 Å². The summed E-state index contributed by atoms with van der Waals surface area (Å²) in [6, 6.07) is 19.5. The van der Waals surface area contributed by atoms with E-state index in [0.717, 1.165) is 25.2 Å². The SMILES string of the molecule is Cc1ccc(C(NC(=O)CN2CCC(Nc3ccccc3)C2)C2CC2)cc1. The predicted octanol–water partition coefficient (Wildman–Crippen LogP) is 3.75. The number of nitrogens with zero attached hydrogens (tertiary/aromatic N) is 1. The molecule has 1 aliphatic heterocycles. The zero-order chi connectivity index (χ0) is 18.6. The Kier molecular flexibility index (Phi) is 5.44. The highest BCUT2D eigenvalue weighted by Crippen LogP contribution is 2.41. The van der Waals surface area contributed by atoms with Crippen molar-refractivity contribution in [2.75, 3.05) is 25.0 Å². The van der Waals surface area contributed by atoms with Gasteiger partial charge in [0.2, 0.25) is 5.91 Å². The highest BCUT2D eigenvalue weighted by Gasteiger charge is 2.34. The van der Waals surface area contributed by atoms with Gasteiger partial charge in [0.25, 0.3) is 0 Å². The molecule has 0 bridgehead atoms. The first kappa shape index (κ1) is 18.1. The molecule has 2 aromatic carbocycles. The number of amides is 1. The molecule has 2 aromatic rings. The summed E-state index contributed by atoms with van der Waals surface area (Å²) in [4.78, 5) is 14.9. The normalized spacial score (nSPS) is 21.0. The lowest BCUT2D eigenvalue weighted by molar-refractivity contribution is -0.122. The van der Waals surface area contributed by atoms with E-state index in [1.807, 2.05) is 18.2 Å². The van der Waals surface area contributed by atoms with E-state index in [-0.39, 0.29) is 11.9 Å². The number of rotatable bonds is 7. The van der Waals surface area contributed by atoms with Gasteiger partial charge in [-0.1, -0.05) is 48.0 Å². The summed E-state index contributed by atoms with van der Waals surface area (Å²) in [6.45, 7) is 4.47. The number of para-hydroxylation sites is 1. The zero-order valence-electron chi connectivity index (χ0n) is 16.0. The third-order valence-electron chi connectivity index (χ3n) is 5.63. The molecular weight excluding hydrogens is 334 g/mol. The number of benzene rings is 2. The predicted molar refractivity (Wildman–Crippen MR) is 110 cm³/mol. The first-order valence-corrected chi connectivity index (χ1v) is 10.1. The van der Waals surface area contributed by atoms with Crippen LogP contribution in [0.2, 0.25) is 0 Å². The molecule has 1 aliphatic carbocycles. The Bertz CT molecular complexity index is 755. The fourth-order valence-corrected chi connectivity index (χ4v) is 3.96. The second-order valence-corrected chi connectivity index (χ2v) is 8.02. The molecular formula is C23H29N3O. The number of hydrogen-bond acceptors (Lipinski definition) is 3. The third-order valence-corrected chi connectivity index (χ3v) is 5.63. The highest BCUT2D eigenvalue weighted by molar-refractivity contribution is 5.78. The van der Waals surface area contributed by atoms with Crippen molar-refractivity contribution in [3.05, 3.63) is 65.7 Å². The highest BCUT2D eigenvalue weighted by atomic mass is 16.2. The fourth-order valence-electron chi connectivity index (χ4n) is 3.96. The molecule has 4 rings (SSSR count). The van der Waals surface area contributed by atoms with E-state index in [4.69, 9.17) is 0 Å². The molecule has 2 fully saturated rings. The van der Waals surface area contributed by atoms with Crippen molar-refractivity contribution in [3.8, 4) is 0 Å². The van der Waals surface area contributed by atoms with E-state index < -0.39 is 0 Å². The summed E-state index contributed by atoms with van der Waals surface area (Å²) in [5, 5.41) is 6.88. The van der Waals surface area contributed by atoms with Crippen LogP contribution in [-0.4, -0.2) is 36.5 Å². The van der Waals surface area contributed by atoms with Crippen molar-refractivity contribution in [2.24, 2.45) is 5.92 Å². The zero-order valence-corrected chi connectivity index (χ0v) is 16.0. The quantitative estimate of drug-likeness (QED) is 0.787. The van der Waals surface area contributed by atoms with Gasteiger partial charge in [0.15, 0.2) is 0 Å². The van der Waals surface area contributed by atoms with Crippen LogP contribution < -0.4 is 10.6 Å². The van der Waals surface area contributed by atoms with Gasteiger partial charge in [-0.2, -0.15) is 0 Å². The van der Waals surface area contributed by atoms with Crippen molar-refractivity contribution in [1.29, 1.82) is 0 Å². The minimum absolute atomic E-state index is 0.146. The molecule has 2 atom stereocenters. The van der Waals surface area contributed by atoms with Gasteiger partial charge < -0.3 is 10.6 Å². The Morgan fingerprint density at radius 3 is 2.52 bits per heavy atom. The largest absolute Gasteiger partial charge is 0.381 e. The number of carbonyl (C=O) groups is 1. The summed E-state index contributed by atoms with van der Waals surface area (Å²) in [5.41, 5.74) is 3.65. The Morgan fingerprint density at radius 1 is 1.07 bits per heavy atom. The molecule has 142 valence electrons. The summed E-state index contributed by atoms with van der Waals surface area (Å²) >= 11 is 0. The van der Waals surface area contributed by atoms with Crippen LogP contribution in [0, 0.1) is 12.8 Å². The molecule has 2 unspecified atom stereocenters. The monoisotopic (exact) mass is 363 g/mol. The second kappa shape index (κ2) is 8.13. The van der Waals surface area contributed by atoms with Gasteiger partial charge in [0.05, 0.1) is 12.6 Å². The van der Waals surface area contributed by atoms with Gasteiger partial charge in [-0.15, -0.1) is 0 Å². The molecule has 1 amide bonds. The maximum atomic E-state index is 12.7. The third kappa shape index (κ3) is 4.89. The standard InChI is InChI=1S/C23H29N3O/c1-17-7-9-18(10-8-17)23(19-11-12-19)25-22(27)16-26-14-13-21(15-26)24-20-5-3-2-4-6-20/h2-10,19,21,23-24H,11-16H2,1H3,(H,25,27). The van der Waals surface area contributed by atoms with E-state index in [2.05, 4.69) is 58.9 Å². The van der Waals surface area contributed by atoms with Crippen molar-refractivity contribution in [1.82, 2.24) is 10.2 Å². The van der Waals surface area contributed by atoms with Crippen molar-refractivity contribution < 1.29 is 4.79 Å². The Balaban J connectivity index is 1.29. The van der Waals surface area contributed by atoms with Crippen LogP contribution in [0.25, 0.3) is 0 Å². The van der Waals surface area contributed by atoms with Crippen LogP contribution in [0.1, 0.15) is 36.4 Å². The van der Waals surface area contributed by atoms with Crippen molar-refractivity contribution >= 4 is 11.6 Å². The summed E-state index contributed by atoms with van der Waals surface area (Å²) in [7, 11) is 0. The van der Waals surface area contributed by atoms with Gasteiger partial charge in [-0.05, 0) is 49.8 Å². The summed E-state index contributed by atoms with van der Waals surface area (Å²) < 4.78 is 0. The summed E-state index contributed by atoms with van der Waals surface area (Å²) in [5.74, 6) is 0.746. The number of aryl methyl sites for hydroxylation is 1. The molecule has 0 aromatic heterocycles. The Morgan fingerprint density at radius 2 is 1.81 bits per heavy atom. The van der Waals surface area contributed by atoms with Crippen LogP contribution in [0.5, 0.6) is 0 Å². The van der Waals surface area contributed by atoms with Gasteiger partial charge in [-0.3, -0.25) is 9.69 Å². The number of carbonyl (C=O) groups excluding carboxylic acids is 1. The minimum Gasteiger partial charge on any atom is -0.381 e. The average Bonchev–Trinajstić information content (AvgIpc) is 3.43. The number of likely N-dealkylation sites (tertiary alicyclic amines) is 1.